The van der Waals surface area contributed by atoms with Gasteiger partial charge in [-0.25, -0.2) is 14.8 Å². The first-order valence-electron chi connectivity index (χ1n) is 7.46. The van der Waals surface area contributed by atoms with Gasteiger partial charge in [-0.05, 0) is 57.2 Å². The van der Waals surface area contributed by atoms with E-state index in [4.69, 9.17) is 0 Å². The molecule has 1 fully saturated rings. The van der Waals surface area contributed by atoms with Gasteiger partial charge in [0.2, 0.25) is 0 Å². The summed E-state index contributed by atoms with van der Waals surface area (Å²) >= 11 is 1.61. The highest BCUT2D eigenvalue weighted by Gasteiger charge is 2.35. The summed E-state index contributed by atoms with van der Waals surface area (Å²) in [6.07, 6.45) is 2.29. The lowest BCUT2D eigenvalue weighted by Gasteiger charge is -2.16. The van der Waals surface area contributed by atoms with Crippen LogP contribution in [0.3, 0.4) is 0 Å². The zero-order valence-electron chi connectivity index (χ0n) is 13.0. The van der Waals surface area contributed by atoms with Crippen LogP contribution in [-0.2, 0) is 0 Å². The van der Waals surface area contributed by atoms with Gasteiger partial charge in [-0.15, -0.1) is 11.3 Å². The molecule has 1 atom stereocenters. The summed E-state index contributed by atoms with van der Waals surface area (Å²) in [7, 11) is 0. The minimum absolute atomic E-state index is 0.00426. The molecule has 0 unspecified atom stereocenters. The lowest BCUT2D eigenvalue weighted by Crippen LogP contribution is -2.34. The number of amides is 2. The fourth-order valence-electron chi connectivity index (χ4n) is 2.52. The lowest BCUT2D eigenvalue weighted by molar-refractivity contribution is 0.247. The molecule has 22 heavy (non-hydrogen) atoms. The fraction of sp³-hybridized carbons (Fsp3) is 0.438. The number of pyridine rings is 1. The molecule has 0 saturated heterocycles. The molecule has 6 heteroatoms. The smallest absolute Gasteiger partial charge is 0.320 e. The Morgan fingerprint density at radius 2 is 2.00 bits per heavy atom. The van der Waals surface area contributed by atoms with Crippen molar-refractivity contribution in [2.75, 3.05) is 5.32 Å². The van der Waals surface area contributed by atoms with Gasteiger partial charge >= 0.3 is 6.03 Å². The van der Waals surface area contributed by atoms with Crippen LogP contribution >= 0.6 is 11.3 Å². The van der Waals surface area contributed by atoms with E-state index in [-0.39, 0.29) is 12.1 Å². The number of carbonyl (C=O) groups excluding carboxylic acids is 1. The van der Waals surface area contributed by atoms with Crippen LogP contribution in [0.2, 0.25) is 0 Å². The van der Waals surface area contributed by atoms with Crippen molar-refractivity contribution in [3.63, 3.8) is 0 Å². The van der Waals surface area contributed by atoms with E-state index in [1.54, 1.807) is 11.3 Å². The summed E-state index contributed by atoms with van der Waals surface area (Å²) in [5, 5.41) is 8.90. The van der Waals surface area contributed by atoms with E-state index in [1.165, 1.54) is 0 Å². The number of rotatable bonds is 4. The second-order valence-electron chi connectivity index (χ2n) is 5.91. The number of thiazole rings is 1. The Hall–Kier alpha value is -1.95. The predicted octanol–water partition coefficient (Wildman–Crippen LogP) is 3.74. The monoisotopic (exact) mass is 316 g/mol. The van der Waals surface area contributed by atoms with Crippen molar-refractivity contribution in [3.8, 4) is 0 Å². The maximum absolute atomic E-state index is 12.3. The SMILES string of the molecule is Cc1cc(C)nc(NC(=O)N[C@H](c2nc(C)cs2)C2CC2)c1. The Bertz CT molecular complexity index is 673. The quantitative estimate of drug-likeness (QED) is 0.903. The zero-order chi connectivity index (χ0) is 15.7. The third-order valence-electron chi connectivity index (χ3n) is 3.62. The normalized spacial score (nSPS) is 15.4. The number of aromatic nitrogens is 2. The second-order valence-corrected chi connectivity index (χ2v) is 6.80. The molecule has 2 aromatic heterocycles. The number of hydrogen-bond acceptors (Lipinski definition) is 4. The van der Waals surface area contributed by atoms with Crippen molar-refractivity contribution in [3.05, 3.63) is 39.5 Å². The van der Waals surface area contributed by atoms with E-state index < -0.39 is 0 Å². The summed E-state index contributed by atoms with van der Waals surface area (Å²) in [6, 6.07) is 3.63. The van der Waals surface area contributed by atoms with Crippen LogP contribution < -0.4 is 10.6 Å². The van der Waals surface area contributed by atoms with Gasteiger partial charge < -0.3 is 5.32 Å². The van der Waals surface area contributed by atoms with Crippen LogP contribution in [0.4, 0.5) is 10.6 Å². The number of hydrogen-bond donors (Lipinski definition) is 2. The van der Waals surface area contributed by atoms with Gasteiger partial charge in [0.05, 0.1) is 6.04 Å². The molecule has 2 heterocycles. The second kappa shape index (κ2) is 6.04. The summed E-state index contributed by atoms with van der Waals surface area (Å²) in [6.45, 7) is 5.88. The van der Waals surface area contributed by atoms with Crippen LogP contribution in [0.25, 0.3) is 0 Å². The number of aryl methyl sites for hydroxylation is 3. The van der Waals surface area contributed by atoms with Crippen LogP contribution in [-0.4, -0.2) is 16.0 Å². The van der Waals surface area contributed by atoms with Crippen molar-refractivity contribution in [1.29, 1.82) is 0 Å². The summed E-state index contributed by atoms with van der Waals surface area (Å²) in [5.41, 5.74) is 2.98. The summed E-state index contributed by atoms with van der Waals surface area (Å²) < 4.78 is 0. The maximum Gasteiger partial charge on any atom is 0.320 e. The number of nitrogens with one attached hydrogen (secondary N) is 2. The molecule has 116 valence electrons. The van der Waals surface area contributed by atoms with Crippen LogP contribution in [0.15, 0.2) is 17.5 Å². The molecule has 1 saturated carbocycles. The standard InChI is InChI=1S/C16H20N4OS/c1-9-6-10(2)17-13(7-9)19-16(21)20-14(12-4-5-12)15-18-11(3)8-22-15/h6-8,12,14H,4-5H2,1-3H3,(H2,17,19,20,21)/t14-/m0/s1. The van der Waals surface area contributed by atoms with Gasteiger partial charge in [-0.3, -0.25) is 5.32 Å². The van der Waals surface area contributed by atoms with Crippen LogP contribution in [0.1, 0.15) is 40.8 Å². The Kier molecular flexibility index (Phi) is 4.11. The van der Waals surface area contributed by atoms with E-state index >= 15 is 0 Å². The summed E-state index contributed by atoms with van der Waals surface area (Å²) in [4.78, 5) is 21.1. The average molecular weight is 316 g/mol. The van der Waals surface area contributed by atoms with E-state index in [0.717, 1.165) is 34.8 Å². The van der Waals surface area contributed by atoms with E-state index in [2.05, 4.69) is 20.6 Å². The van der Waals surface area contributed by atoms with Crippen molar-refractivity contribution < 1.29 is 4.79 Å². The lowest BCUT2D eigenvalue weighted by atomic mass is 10.2. The highest BCUT2D eigenvalue weighted by Crippen LogP contribution is 2.41. The van der Waals surface area contributed by atoms with Crippen molar-refractivity contribution >= 4 is 23.2 Å². The van der Waals surface area contributed by atoms with Gasteiger partial charge in [0.15, 0.2) is 0 Å². The van der Waals surface area contributed by atoms with Gasteiger partial charge in [-0.2, -0.15) is 0 Å². The molecule has 2 N–H and O–H groups in total. The molecule has 5 nitrogen and oxygen atoms in total. The molecule has 1 aliphatic carbocycles. The third kappa shape index (κ3) is 3.62. The van der Waals surface area contributed by atoms with Gasteiger partial charge in [-0.1, -0.05) is 0 Å². The molecule has 0 aliphatic heterocycles. The first-order valence-corrected chi connectivity index (χ1v) is 8.34. The topological polar surface area (TPSA) is 66.9 Å². The zero-order valence-corrected chi connectivity index (χ0v) is 13.8. The average Bonchev–Trinajstić information content (AvgIpc) is 3.17. The molecule has 0 radical (unpaired) electrons. The molecule has 1 aliphatic rings. The predicted molar refractivity (Wildman–Crippen MR) is 88.2 cm³/mol. The molecule has 0 spiro atoms. The van der Waals surface area contributed by atoms with Gasteiger partial charge in [0.1, 0.15) is 10.8 Å². The largest absolute Gasteiger partial charge is 0.328 e. The molecule has 0 bridgehead atoms. The highest BCUT2D eigenvalue weighted by molar-refractivity contribution is 7.09. The first-order chi connectivity index (χ1) is 10.5. The Morgan fingerprint density at radius 1 is 1.23 bits per heavy atom. The first kappa shape index (κ1) is 15.0. The third-order valence-corrected chi connectivity index (χ3v) is 4.67. The minimum Gasteiger partial charge on any atom is -0.328 e. The molecule has 2 amide bonds. The Balaban J connectivity index is 1.69. The molecular weight excluding hydrogens is 296 g/mol. The number of urea groups is 1. The highest BCUT2D eigenvalue weighted by atomic mass is 32.1. The van der Waals surface area contributed by atoms with Crippen LogP contribution in [0.5, 0.6) is 0 Å². The molecule has 2 aromatic rings. The van der Waals surface area contributed by atoms with E-state index in [0.29, 0.717) is 11.7 Å². The number of nitrogens with zero attached hydrogens (tertiary/aromatic N) is 2. The van der Waals surface area contributed by atoms with Crippen molar-refractivity contribution in [2.45, 2.75) is 39.7 Å². The fourth-order valence-corrected chi connectivity index (χ4v) is 3.46. The van der Waals surface area contributed by atoms with Gasteiger partial charge in [0, 0.05) is 16.8 Å². The van der Waals surface area contributed by atoms with Crippen molar-refractivity contribution in [1.82, 2.24) is 15.3 Å². The Labute approximate surface area is 134 Å². The maximum atomic E-state index is 12.3. The molecular formula is C16H20N4OS. The number of carbonyl (C=O) groups is 1. The number of anilines is 1. The molecule has 0 aromatic carbocycles. The van der Waals surface area contributed by atoms with Crippen molar-refractivity contribution in [2.24, 2.45) is 5.92 Å². The minimum atomic E-state index is -0.220. The van der Waals surface area contributed by atoms with Crippen LogP contribution in [0, 0.1) is 26.7 Å². The molecule has 3 rings (SSSR count). The van der Waals surface area contributed by atoms with E-state index in [9.17, 15) is 4.79 Å². The Morgan fingerprint density at radius 3 is 2.59 bits per heavy atom. The van der Waals surface area contributed by atoms with E-state index in [1.807, 2.05) is 38.3 Å². The van der Waals surface area contributed by atoms with Gasteiger partial charge in [0.25, 0.3) is 0 Å². The summed E-state index contributed by atoms with van der Waals surface area (Å²) in [5.74, 6) is 1.09.